The second-order valence-corrected chi connectivity index (χ2v) is 9.18. The Hall–Kier alpha value is -2.56. The van der Waals surface area contributed by atoms with E-state index in [1.54, 1.807) is 6.92 Å². The molecule has 2 atom stereocenters. The maximum Gasteiger partial charge on any atom is 0.130 e. The molecule has 1 saturated carbocycles. The van der Waals surface area contributed by atoms with Crippen molar-refractivity contribution in [1.29, 1.82) is 0 Å². The Morgan fingerprint density at radius 2 is 1.33 bits per heavy atom. The van der Waals surface area contributed by atoms with Crippen molar-refractivity contribution in [2.45, 2.75) is 76.9 Å². The SMILES string of the molecule is CCC(O)(c1ccccc1)C1CCCCC1.CCc1ccc(C(C)(O)c2ccccc2)nn1. The number of hydrogen-bond acceptors (Lipinski definition) is 4. The lowest BCUT2D eigenvalue weighted by atomic mass is 9.72. The number of aromatic nitrogens is 2. The van der Waals surface area contributed by atoms with Gasteiger partial charge in [-0.1, -0.05) is 93.8 Å². The molecule has 3 aromatic rings. The number of benzene rings is 2. The first-order valence-electron chi connectivity index (χ1n) is 12.3. The van der Waals surface area contributed by atoms with Gasteiger partial charge in [-0.05, 0) is 61.8 Å². The van der Waals surface area contributed by atoms with Gasteiger partial charge >= 0.3 is 0 Å². The van der Waals surface area contributed by atoms with E-state index in [1.807, 2.05) is 67.6 Å². The van der Waals surface area contributed by atoms with E-state index in [9.17, 15) is 10.2 Å². The summed E-state index contributed by atoms with van der Waals surface area (Å²) in [6, 6.07) is 23.4. The minimum Gasteiger partial charge on any atom is -0.385 e. The average Bonchev–Trinajstić information content (AvgIpc) is 2.90. The van der Waals surface area contributed by atoms with Gasteiger partial charge in [-0.3, -0.25) is 0 Å². The van der Waals surface area contributed by atoms with Crippen molar-refractivity contribution in [3.63, 3.8) is 0 Å². The first kappa shape index (κ1) is 25.1. The van der Waals surface area contributed by atoms with Gasteiger partial charge in [0.1, 0.15) is 5.60 Å². The van der Waals surface area contributed by atoms with E-state index in [0.717, 1.165) is 29.7 Å². The summed E-state index contributed by atoms with van der Waals surface area (Å²) in [7, 11) is 0. The summed E-state index contributed by atoms with van der Waals surface area (Å²) in [4.78, 5) is 0. The molecule has 33 heavy (non-hydrogen) atoms. The van der Waals surface area contributed by atoms with Crippen LogP contribution in [0.3, 0.4) is 0 Å². The molecule has 2 N–H and O–H groups in total. The maximum absolute atomic E-state index is 10.9. The molecule has 1 aromatic heterocycles. The van der Waals surface area contributed by atoms with Gasteiger partial charge in [0.15, 0.2) is 0 Å². The molecule has 0 spiro atoms. The summed E-state index contributed by atoms with van der Waals surface area (Å²) < 4.78 is 0. The fraction of sp³-hybridized carbons (Fsp3) is 0.448. The Kier molecular flexibility index (Phi) is 8.76. The molecule has 4 heteroatoms. The zero-order valence-corrected chi connectivity index (χ0v) is 20.2. The van der Waals surface area contributed by atoms with Crippen molar-refractivity contribution in [2.24, 2.45) is 5.92 Å². The molecule has 1 heterocycles. The quantitative estimate of drug-likeness (QED) is 0.476. The predicted octanol–water partition coefficient (Wildman–Crippen LogP) is 6.16. The third kappa shape index (κ3) is 6.07. The van der Waals surface area contributed by atoms with E-state index in [1.165, 1.54) is 32.1 Å². The molecular formula is C29H38N2O2. The molecule has 0 radical (unpaired) electrons. The summed E-state index contributed by atoms with van der Waals surface area (Å²) in [6.07, 6.45) is 7.92. The third-order valence-corrected chi connectivity index (χ3v) is 7.01. The van der Waals surface area contributed by atoms with Crippen molar-refractivity contribution >= 4 is 0 Å². The van der Waals surface area contributed by atoms with E-state index < -0.39 is 11.2 Å². The van der Waals surface area contributed by atoms with Crippen LogP contribution in [-0.2, 0) is 17.6 Å². The smallest absolute Gasteiger partial charge is 0.130 e. The van der Waals surface area contributed by atoms with Gasteiger partial charge in [0.25, 0.3) is 0 Å². The van der Waals surface area contributed by atoms with Crippen molar-refractivity contribution in [1.82, 2.24) is 10.2 Å². The molecule has 2 unspecified atom stereocenters. The maximum atomic E-state index is 10.9. The molecule has 4 rings (SSSR count). The van der Waals surface area contributed by atoms with Gasteiger partial charge in [0.2, 0.25) is 0 Å². The molecule has 0 bridgehead atoms. The van der Waals surface area contributed by atoms with Gasteiger partial charge in [0, 0.05) is 0 Å². The van der Waals surface area contributed by atoms with Crippen LogP contribution in [0.1, 0.15) is 81.8 Å². The van der Waals surface area contributed by atoms with Crippen LogP contribution in [0.5, 0.6) is 0 Å². The Bertz CT molecular complexity index is 952. The van der Waals surface area contributed by atoms with Crippen LogP contribution in [0, 0.1) is 5.92 Å². The van der Waals surface area contributed by atoms with Crippen LogP contribution in [0.15, 0.2) is 72.8 Å². The minimum atomic E-state index is -1.10. The molecule has 2 aromatic carbocycles. The molecule has 4 nitrogen and oxygen atoms in total. The molecule has 0 amide bonds. The van der Waals surface area contributed by atoms with Crippen molar-refractivity contribution in [2.75, 3.05) is 0 Å². The molecule has 176 valence electrons. The summed E-state index contributed by atoms with van der Waals surface area (Å²) in [6.45, 7) is 5.86. The van der Waals surface area contributed by atoms with E-state index >= 15 is 0 Å². The lowest BCUT2D eigenvalue weighted by molar-refractivity contribution is -0.0421. The highest BCUT2D eigenvalue weighted by atomic mass is 16.3. The highest BCUT2D eigenvalue weighted by Crippen LogP contribution is 2.41. The van der Waals surface area contributed by atoms with E-state index in [0.29, 0.717) is 11.6 Å². The second-order valence-electron chi connectivity index (χ2n) is 9.18. The Morgan fingerprint density at radius 3 is 1.82 bits per heavy atom. The zero-order valence-electron chi connectivity index (χ0n) is 20.2. The van der Waals surface area contributed by atoms with Crippen LogP contribution in [0.2, 0.25) is 0 Å². The van der Waals surface area contributed by atoms with Crippen LogP contribution in [0.25, 0.3) is 0 Å². The normalized spacial score (nSPS) is 17.8. The molecule has 1 aliphatic rings. The number of nitrogens with zero attached hydrogens (tertiary/aromatic N) is 2. The van der Waals surface area contributed by atoms with Crippen LogP contribution < -0.4 is 0 Å². The predicted molar refractivity (Wildman–Crippen MR) is 134 cm³/mol. The third-order valence-electron chi connectivity index (χ3n) is 7.01. The molecular weight excluding hydrogens is 408 g/mol. The van der Waals surface area contributed by atoms with Crippen LogP contribution >= 0.6 is 0 Å². The molecule has 0 aliphatic heterocycles. The van der Waals surface area contributed by atoms with Crippen LogP contribution in [-0.4, -0.2) is 20.4 Å². The van der Waals surface area contributed by atoms with Gasteiger partial charge < -0.3 is 10.2 Å². The largest absolute Gasteiger partial charge is 0.385 e. The Labute approximate surface area is 198 Å². The Morgan fingerprint density at radius 1 is 0.758 bits per heavy atom. The molecule has 1 fully saturated rings. The van der Waals surface area contributed by atoms with Crippen molar-refractivity contribution < 1.29 is 10.2 Å². The fourth-order valence-electron chi connectivity index (χ4n) is 4.75. The van der Waals surface area contributed by atoms with Crippen molar-refractivity contribution in [3.8, 4) is 0 Å². The average molecular weight is 447 g/mol. The summed E-state index contributed by atoms with van der Waals surface area (Å²) in [5.41, 5.74) is 1.73. The first-order chi connectivity index (χ1) is 15.9. The number of hydrogen-bond donors (Lipinski definition) is 2. The zero-order chi connectivity index (χ0) is 23.7. The highest BCUT2D eigenvalue weighted by Gasteiger charge is 2.37. The number of aryl methyl sites for hydroxylation is 1. The first-order valence-corrected chi connectivity index (χ1v) is 12.3. The monoisotopic (exact) mass is 446 g/mol. The molecule has 0 saturated heterocycles. The van der Waals surface area contributed by atoms with Crippen molar-refractivity contribution in [3.05, 3.63) is 95.3 Å². The van der Waals surface area contributed by atoms with Gasteiger partial charge in [-0.25, -0.2) is 0 Å². The summed E-state index contributed by atoms with van der Waals surface area (Å²) in [5.74, 6) is 0.452. The van der Waals surface area contributed by atoms with E-state index in [-0.39, 0.29) is 0 Å². The summed E-state index contributed by atoms with van der Waals surface area (Å²) >= 11 is 0. The minimum absolute atomic E-state index is 0.452. The molecule has 1 aliphatic carbocycles. The van der Waals surface area contributed by atoms with Gasteiger partial charge in [-0.2, -0.15) is 10.2 Å². The summed E-state index contributed by atoms with van der Waals surface area (Å²) in [5, 5.41) is 29.6. The lowest BCUT2D eigenvalue weighted by Crippen LogP contribution is -2.35. The van der Waals surface area contributed by atoms with Gasteiger partial charge in [-0.15, -0.1) is 0 Å². The topological polar surface area (TPSA) is 66.2 Å². The number of aliphatic hydroxyl groups is 2. The standard InChI is InChI=1S/C15H22O.C14H16N2O/c1-2-15(16,13-9-5-3-6-10-13)14-11-7-4-8-12-14;1-3-12-9-10-13(16-15-12)14(2,17)11-7-5-4-6-8-11/h3,5-6,9-10,14,16H,2,4,7-8,11-12H2,1H3;4-10,17H,3H2,1-2H3. The fourth-order valence-corrected chi connectivity index (χ4v) is 4.75. The Balaban J connectivity index is 0.000000186. The lowest BCUT2D eigenvalue weighted by Gasteiger charge is -2.38. The number of rotatable bonds is 6. The highest BCUT2D eigenvalue weighted by molar-refractivity contribution is 5.30. The van der Waals surface area contributed by atoms with Gasteiger partial charge in [0.05, 0.1) is 17.0 Å². The second kappa shape index (κ2) is 11.5. The van der Waals surface area contributed by atoms with E-state index in [4.69, 9.17) is 0 Å². The van der Waals surface area contributed by atoms with Crippen LogP contribution in [0.4, 0.5) is 0 Å². The van der Waals surface area contributed by atoms with E-state index in [2.05, 4.69) is 29.3 Å².